The van der Waals surface area contributed by atoms with Crippen LogP contribution in [0.25, 0.3) is 0 Å². The van der Waals surface area contributed by atoms with E-state index in [1.165, 1.54) is 7.11 Å². The monoisotopic (exact) mass is 409 g/mol. The number of rotatable bonds is 5. The number of pyridine rings is 1. The molecule has 7 nitrogen and oxygen atoms in total. The third kappa shape index (κ3) is 3.72. The molecule has 0 radical (unpaired) electrons. The van der Waals surface area contributed by atoms with Crippen LogP contribution in [0.2, 0.25) is 5.02 Å². The quantitative estimate of drug-likeness (QED) is 0.634. The van der Waals surface area contributed by atoms with E-state index in [1.807, 2.05) is 0 Å². The van der Waals surface area contributed by atoms with E-state index in [0.29, 0.717) is 33.5 Å². The van der Waals surface area contributed by atoms with Crippen LogP contribution < -0.4 is 19.7 Å². The largest absolute Gasteiger partial charge is 0.495 e. The first-order valence-electron chi connectivity index (χ1n) is 8.72. The lowest BCUT2D eigenvalue weighted by atomic mass is 10.1. The number of ether oxygens (including phenoxy) is 2. The molecule has 146 valence electrons. The van der Waals surface area contributed by atoms with Crippen LogP contribution in [0.4, 0.5) is 10.5 Å². The van der Waals surface area contributed by atoms with Gasteiger partial charge < -0.3 is 14.8 Å². The van der Waals surface area contributed by atoms with Gasteiger partial charge in [0.1, 0.15) is 23.3 Å². The van der Waals surface area contributed by atoms with Crippen molar-refractivity contribution in [2.24, 2.45) is 0 Å². The Morgan fingerprint density at radius 1 is 1.07 bits per heavy atom. The first-order chi connectivity index (χ1) is 14.1. The number of nitrogens with one attached hydrogen (secondary N) is 1. The maximum absolute atomic E-state index is 12.9. The summed E-state index contributed by atoms with van der Waals surface area (Å²) >= 11 is 6.15. The van der Waals surface area contributed by atoms with Gasteiger partial charge in [-0.15, -0.1) is 0 Å². The van der Waals surface area contributed by atoms with Crippen molar-refractivity contribution in [3.05, 3.63) is 77.6 Å². The van der Waals surface area contributed by atoms with Gasteiger partial charge in [0.15, 0.2) is 0 Å². The predicted molar refractivity (Wildman–Crippen MR) is 108 cm³/mol. The first-order valence-corrected chi connectivity index (χ1v) is 9.10. The van der Waals surface area contributed by atoms with Crippen molar-refractivity contribution >= 4 is 29.2 Å². The molecule has 3 amide bonds. The molecule has 0 aliphatic carbocycles. The van der Waals surface area contributed by atoms with Gasteiger partial charge in [0.05, 0.1) is 24.0 Å². The molecule has 1 aliphatic rings. The second kappa shape index (κ2) is 7.81. The van der Waals surface area contributed by atoms with Gasteiger partial charge in [-0.2, -0.15) is 0 Å². The fraction of sp³-hybridized carbons (Fsp3) is 0.0952. The number of urea groups is 1. The van der Waals surface area contributed by atoms with Crippen molar-refractivity contribution in [1.29, 1.82) is 0 Å². The maximum Gasteiger partial charge on any atom is 0.329 e. The van der Waals surface area contributed by atoms with E-state index in [0.717, 1.165) is 4.90 Å². The van der Waals surface area contributed by atoms with Crippen molar-refractivity contribution in [2.45, 2.75) is 6.04 Å². The highest BCUT2D eigenvalue weighted by molar-refractivity contribution is 6.32. The van der Waals surface area contributed by atoms with Crippen LogP contribution in [0, 0.1) is 0 Å². The number of carbonyl (C=O) groups excluding carboxylic acids is 2. The Hall–Kier alpha value is -3.58. The summed E-state index contributed by atoms with van der Waals surface area (Å²) in [5.41, 5.74) is 1.02. The topological polar surface area (TPSA) is 80.8 Å². The molecule has 2 aromatic carbocycles. The summed E-state index contributed by atoms with van der Waals surface area (Å²) in [6.07, 6.45) is 3.25. The number of benzene rings is 2. The highest BCUT2D eigenvalue weighted by Gasteiger charge is 2.40. The Bertz CT molecular complexity index is 1060. The summed E-state index contributed by atoms with van der Waals surface area (Å²) in [4.78, 5) is 30.4. The number of nitrogens with zero attached hydrogens (tertiary/aromatic N) is 2. The first kappa shape index (κ1) is 18.8. The summed E-state index contributed by atoms with van der Waals surface area (Å²) in [6, 6.07) is 13.8. The molecule has 4 rings (SSSR count). The van der Waals surface area contributed by atoms with Crippen molar-refractivity contribution in [3.63, 3.8) is 0 Å². The number of imide groups is 1. The van der Waals surface area contributed by atoms with Gasteiger partial charge in [0.2, 0.25) is 0 Å². The Kier molecular flexibility index (Phi) is 5.05. The van der Waals surface area contributed by atoms with Crippen LogP contribution >= 0.6 is 11.6 Å². The predicted octanol–water partition coefficient (Wildman–Crippen LogP) is 4.33. The van der Waals surface area contributed by atoms with Gasteiger partial charge in [-0.05, 0) is 54.1 Å². The number of hydrogen-bond donors (Lipinski definition) is 1. The highest BCUT2D eigenvalue weighted by atomic mass is 35.5. The van der Waals surface area contributed by atoms with E-state index in [4.69, 9.17) is 21.1 Å². The Labute approximate surface area is 171 Å². The van der Waals surface area contributed by atoms with Crippen LogP contribution in [0.15, 0.2) is 67.0 Å². The molecular weight excluding hydrogens is 394 g/mol. The fourth-order valence-electron chi connectivity index (χ4n) is 3.02. The van der Waals surface area contributed by atoms with Crippen LogP contribution in [-0.4, -0.2) is 24.0 Å². The van der Waals surface area contributed by atoms with Crippen LogP contribution in [0.5, 0.6) is 17.2 Å². The molecule has 0 saturated carbocycles. The summed E-state index contributed by atoms with van der Waals surface area (Å²) < 4.78 is 10.8. The summed E-state index contributed by atoms with van der Waals surface area (Å²) in [7, 11) is 1.51. The van der Waals surface area contributed by atoms with E-state index in [9.17, 15) is 9.59 Å². The van der Waals surface area contributed by atoms with Crippen LogP contribution in [-0.2, 0) is 4.79 Å². The van der Waals surface area contributed by atoms with Gasteiger partial charge in [-0.3, -0.25) is 9.78 Å². The second-order valence-corrected chi connectivity index (χ2v) is 6.64. The molecule has 2 heterocycles. The number of aromatic nitrogens is 1. The van der Waals surface area contributed by atoms with Crippen molar-refractivity contribution in [2.75, 3.05) is 12.0 Å². The zero-order valence-corrected chi connectivity index (χ0v) is 16.1. The zero-order valence-electron chi connectivity index (χ0n) is 15.3. The van der Waals surface area contributed by atoms with Gasteiger partial charge in [-0.1, -0.05) is 17.7 Å². The second-order valence-electron chi connectivity index (χ2n) is 6.23. The van der Waals surface area contributed by atoms with E-state index in [-0.39, 0.29) is 0 Å². The molecule has 29 heavy (non-hydrogen) atoms. The van der Waals surface area contributed by atoms with E-state index < -0.39 is 18.0 Å². The number of halogens is 1. The molecule has 1 fully saturated rings. The molecule has 0 bridgehead atoms. The maximum atomic E-state index is 12.9. The lowest BCUT2D eigenvalue weighted by molar-refractivity contribution is -0.118. The molecular formula is C21H16ClN3O4. The van der Waals surface area contributed by atoms with Crippen molar-refractivity contribution < 1.29 is 19.1 Å². The number of amides is 3. The number of hydrogen-bond acceptors (Lipinski definition) is 5. The molecule has 8 heteroatoms. The minimum atomic E-state index is -0.822. The highest BCUT2D eigenvalue weighted by Crippen LogP contribution is 2.32. The van der Waals surface area contributed by atoms with Gasteiger partial charge >= 0.3 is 6.03 Å². The zero-order chi connectivity index (χ0) is 20.4. The average molecular weight is 410 g/mol. The summed E-state index contributed by atoms with van der Waals surface area (Å²) in [5.74, 6) is 1.25. The summed E-state index contributed by atoms with van der Waals surface area (Å²) in [5, 5.41) is 3.05. The molecule has 1 saturated heterocycles. The molecule has 1 N–H and O–H groups in total. The van der Waals surface area contributed by atoms with E-state index in [2.05, 4.69) is 10.3 Å². The standard InChI is InChI=1S/C21H16ClN3O4/c1-28-18-9-4-13(11-17(18)22)19-20(26)25(21(27)24-19)14-5-7-15(8-6-14)29-16-3-2-10-23-12-16/h2-12,19H,1H3,(H,24,27). The SMILES string of the molecule is COc1ccc(C2NC(=O)N(c3ccc(Oc4cccnc4)cc3)C2=O)cc1Cl. The third-order valence-electron chi connectivity index (χ3n) is 4.41. The Balaban J connectivity index is 1.53. The lowest BCUT2D eigenvalue weighted by Crippen LogP contribution is -2.30. The van der Waals surface area contributed by atoms with Crippen LogP contribution in [0.1, 0.15) is 11.6 Å². The number of methoxy groups -OCH3 is 1. The van der Waals surface area contributed by atoms with Gasteiger partial charge in [0.25, 0.3) is 5.91 Å². The van der Waals surface area contributed by atoms with E-state index >= 15 is 0 Å². The Morgan fingerprint density at radius 2 is 1.86 bits per heavy atom. The molecule has 1 aliphatic heterocycles. The minimum Gasteiger partial charge on any atom is -0.495 e. The van der Waals surface area contributed by atoms with Crippen molar-refractivity contribution in [3.8, 4) is 17.2 Å². The number of anilines is 1. The fourth-order valence-corrected chi connectivity index (χ4v) is 3.28. The van der Waals surface area contributed by atoms with Gasteiger partial charge in [0, 0.05) is 6.20 Å². The molecule has 0 spiro atoms. The Morgan fingerprint density at radius 3 is 2.52 bits per heavy atom. The van der Waals surface area contributed by atoms with Crippen LogP contribution in [0.3, 0.4) is 0 Å². The smallest absolute Gasteiger partial charge is 0.329 e. The molecule has 1 aromatic heterocycles. The minimum absolute atomic E-state index is 0.363. The molecule has 1 atom stereocenters. The van der Waals surface area contributed by atoms with Gasteiger partial charge in [-0.25, -0.2) is 9.69 Å². The normalized spacial score (nSPS) is 15.9. The molecule has 1 unspecified atom stereocenters. The average Bonchev–Trinajstić information content (AvgIpc) is 3.03. The number of carbonyl (C=O) groups is 2. The van der Waals surface area contributed by atoms with E-state index in [1.54, 1.807) is 67.0 Å². The molecule has 3 aromatic rings. The lowest BCUT2D eigenvalue weighted by Gasteiger charge is -2.14. The summed E-state index contributed by atoms with van der Waals surface area (Å²) in [6.45, 7) is 0. The van der Waals surface area contributed by atoms with Crippen molar-refractivity contribution in [1.82, 2.24) is 10.3 Å². The third-order valence-corrected chi connectivity index (χ3v) is 4.71.